The van der Waals surface area contributed by atoms with E-state index >= 15 is 0 Å². The molecule has 0 saturated heterocycles. The topological polar surface area (TPSA) is 0 Å². The van der Waals surface area contributed by atoms with Gasteiger partial charge in [-0.3, -0.25) is 0 Å². The predicted octanol–water partition coefficient (Wildman–Crippen LogP) is 4.52. The fourth-order valence-electron chi connectivity index (χ4n) is 3.16. The summed E-state index contributed by atoms with van der Waals surface area (Å²) in [5.74, 6) is -0.196. The molecule has 0 aliphatic heterocycles. The lowest BCUT2D eigenvalue weighted by Gasteiger charge is -2.20. The molecule has 0 aromatic heterocycles. The zero-order chi connectivity index (χ0) is 20.5. The first-order valence-electron chi connectivity index (χ1n) is 9.77. The molecule has 3 aromatic carbocycles. The van der Waals surface area contributed by atoms with Gasteiger partial charge in [-0.25, -0.2) is 4.39 Å². The van der Waals surface area contributed by atoms with Crippen LogP contribution in [0, 0.1) is 5.82 Å². The summed E-state index contributed by atoms with van der Waals surface area (Å²) >= 11 is 0. The van der Waals surface area contributed by atoms with Crippen molar-refractivity contribution in [2.75, 3.05) is 0 Å². The number of benzene rings is 3. The SMILES string of the molecule is CC(C)(C)c1ccc([S+](c2ccc(F)cc2)c2ccc(C(C)(C)C)cc2)cc1.[Br-]. The maximum Gasteiger partial charge on any atom is 0.166 e. The molecular weight excluding hydrogens is 443 g/mol. The normalized spacial score (nSPS) is 12.0. The largest absolute Gasteiger partial charge is 1.00 e. The highest BCUT2D eigenvalue weighted by molar-refractivity contribution is 7.97. The van der Waals surface area contributed by atoms with Gasteiger partial charge in [-0.1, -0.05) is 65.8 Å². The van der Waals surface area contributed by atoms with Crippen LogP contribution in [0.4, 0.5) is 4.39 Å². The van der Waals surface area contributed by atoms with E-state index in [0.29, 0.717) is 0 Å². The third-order valence-corrected chi connectivity index (χ3v) is 7.19. The van der Waals surface area contributed by atoms with E-state index < -0.39 is 0 Å². The van der Waals surface area contributed by atoms with Gasteiger partial charge in [-0.2, -0.15) is 0 Å². The Morgan fingerprint density at radius 1 is 0.517 bits per heavy atom. The second kappa shape index (κ2) is 9.06. The fraction of sp³-hybridized carbons (Fsp3) is 0.308. The maximum atomic E-state index is 13.5. The molecule has 0 aliphatic carbocycles. The third kappa shape index (κ3) is 5.73. The van der Waals surface area contributed by atoms with E-state index in [1.165, 1.54) is 20.9 Å². The Morgan fingerprint density at radius 3 is 1.07 bits per heavy atom. The summed E-state index contributed by atoms with van der Waals surface area (Å²) in [6, 6.07) is 24.7. The molecule has 154 valence electrons. The molecule has 3 aromatic rings. The summed E-state index contributed by atoms with van der Waals surface area (Å²) < 4.78 is 13.5. The summed E-state index contributed by atoms with van der Waals surface area (Å²) in [4.78, 5) is 3.64. The van der Waals surface area contributed by atoms with Crippen molar-refractivity contribution < 1.29 is 21.4 Å². The van der Waals surface area contributed by atoms with Crippen LogP contribution >= 0.6 is 0 Å². The van der Waals surface area contributed by atoms with Crippen LogP contribution in [0.25, 0.3) is 0 Å². The van der Waals surface area contributed by atoms with E-state index in [2.05, 4.69) is 90.1 Å². The zero-order valence-corrected chi connectivity index (χ0v) is 20.5. The molecule has 3 rings (SSSR count). The monoisotopic (exact) mass is 472 g/mol. The van der Waals surface area contributed by atoms with Gasteiger partial charge in [0.1, 0.15) is 5.82 Å². The molecule has 0 fully saturated rings. The minimum Gasteiger partial charge on any atom is -1.00 e. The molecule has 3 heteroatoms. The van der Waals surface area contributed by atoms with Crippen molar-refractivity contribution in [2.24, 2.45) is 0 Å². The van der Waals surface area contributed by atoms with Crippen molar-refractivity contribution in [3.63, 3.8) is 0 Å². The molecule has 0 radical (unpaired) electrons. The van der Waals surface area contributed by atoms with Gasteiger partial charge < -0.3 is 17.0 Å². The van der Waals surface area contributed by atoms with Gasteiger partial charge in [0.15, 0.2) is 14.7 Å². The lowest BCUT2D eigenvalue weighted by atomic mass is 9.87. The Balaban J connectivity index is 0.00000300. The van der Waals surface area contributed by atoms with Gasteiger partial charge in [0, 0.05) is 0 Å². The van der Waals surface area contributed by atoms with Crippen LogP contribution in [-0.2, 0) is 21.7 Å². The lowest BCUT2D eigenvalue weighted by molar-refractivity contribution is -0.00000719. The van der Waals surface area contributed by atoms with E-state index in [4.69, 9.17) is 0 Å². The molecule has 0 nitrogen and oxygen atoms in total. The zero-order valence-electron chi connectivity index (χ0n) is 18.1. The Bertz CT molecular complexity index is 857. The Morgan fingerprint density at radius 2 is 0.793 bits per heavy atom. The van der Waals surface area contributed by atoms with Crippen molar-refractivity contribution >= 4 is 10.9 Å². The van der Waals surface area contributed by atoms with Gasteiger partial charge in [-0.15, -0.1) is 0 Å². The van der Waals surface area contributed by atoms with Crippen LogP contribution in [0.3, 0.4) is 0 Å². The molecule has 0 spiro atoms. The van der Waals surface area contributed by atoms with Crippen molar-refractivity contribution in [1.29, 1.82) is 0 Å². The first-order chi connectivity index (χ1) is 13.1. The first kappa shape index (κ1) is 23.7. The molecule has 0 atom stereocenters. The van der Waals surface area contributed by atoms with Crippen molar-refractivity contribution in [1.82, 2.24) is 0 Å². The molecule has 0 heterocycles. The summed E-state index contributed by atoms with van der Waals surface area (Å²) in [6.45, 7) is 13.4. The molecule has 29 heavy (non-hydrogen) atoms. The third-order valence-electron chi connectivity index (χ3n) is 4.96. The molecule has 0 aliphatic rings. The van der Waals surface area contributed by atoms with Crippen LogP contribution in [0.2, 0.25) is 0 Å². The Kier molecular flexibility index (Phi) is 7.40. The molecule has 0 bridgehead atoms. The quantitative estimate of drug-likeness (QED) is 0.491. The molecule has 0 N–H and O–H groups in total. The van der Waals surface area contributed by atoms with Gasteiger partial charge in [0.25, 0.3) is 0 Å². The first-order valence-corrected chi connectivity index (χ1v) is 11.0. The van der Waals surface area contributed by atoms with Gasteiger partial charge in [-0.05, 0) is 70.5 Å². The Labute approximate surface area is 188 Å². The predicted molar refractivity (Wildman–Crippen MR) is 119 cm³/mol. The van der Waals surface area contributed by atoms with E-state index in [-0.39, 0.29) is 44.5 Å². The van der Waals surface area contributed by atoms with Crippen LogP contribution < -0.4 is 17.0 Å². The van der Waals surface area contributed by atoms with E-state index in [1.54, 1.807) is 12.1 Å². The van der Waals surface area contributed by atoms with Crippen molar-refractivity contribution in [3.05, 3.63) is 89.7 Å². The number of hydrogen-bond acceptors (Lipinski definition) is 0. The lowest BCUT2D eigenvalue weighted by Crippen LogP contribution is -3.00. The van der Waals surface area contributed by atoms with Crippen LogP contribution in [0.1, 0.15) is 52.7 Å². The summed E-state index contributed by atoms with van der Waals surface area (Å²) in [7, 11) is -0.260. The van der Waals surface area contributed by atoms with E-state index in [9.17, 15) is 4.39 Å². The average molecular weight is 473 g/mol. The highest BCUT2D eigenvalue weighted by Gasteiger charge is 2.29. The molecule has 0 saturated carbocycles. The van der Waals surface area contributed by atoms with Gasteiger partial charge in [0.05, 0.1) is 10.9 Å². The fourth-order valence-corrected chi connectivity index (χ4v) is 5.20. The highest BCUT2D eigenvalue weighted by Crippen LogP contribution is 2.34. The summed E-state index contributed by atoms with van der Waals surface area (Å²) in [5, 5.41) is 0. The average Bonchev–Trinajstić information content (AvgIpc) is 2.63. The number of rotatable bonds is 3. The van der Waals surface area contributed by atoms with Gasteiger partial charge >= 0.3 is 0 Å². The molecule has 0 amide bonds. The van der Waals surface area contributed by atoms with Crippen LogP contribution in [0.5, 0.6) is 0 Å². The smallest absolute Gasteiger partial charge is 0.166 e. The standard InChI is InChI=1S/C26H30FS.BrH/c1-25(2,3)19-7-13-22(14-8-19)28(24-17-11-21(27)12-18-24)23-15-9-20(10-16-23)26(4,5)6;/h7-18H,1-6H3;1H/q+1;/p-1. The minimum atomic E-state index is -0.260. The molecule has 0 unspecified atom stereocenters. The van der Waals surface area contributed by atoms with Crippen molar-refractivity contribution in [3.8, 4) is 0 Å². The summed E-state index contributed by atoms with van der Waals surface area (Å²) in [5.41, 5.74) is 2.90. The number of halogens is 2. The second-order valence-electron chi connectivity index (χ2n) is 9.31. The minimum absolute atomic E-state index is 0. The Hall–Kier alpha value is -1.58. The highest BCUT2D eigenvalue weighted by atomic mass is 79.9. The van der Waals surface area contributed by atoms with Crippen LogP contribution in [0.15, 0.2) is 87.5 Å². The van der Waals surface area contributed by atoms with E-state index in [1.807, 2.05) is 12.1 Å². The van der Waals surface area contributed by atoms with Crippen molar-refractivity contribution in [2.45, 2.75) is 67.1 Å². The van der Waals surface area contributed by atoms with Crippen LogP contribution in [-0.4, -0.2) is 0 Å². The summed E-state index contributed by atoms with van der Waals surface area (Å²) in [6.07, 6.45) is 0. The second-order valence-corrected chi connectivity index (χ2v) is 11.3. The van der Waals surface area contributed by atoms with E-state index in [0.717, 1.165) is 4.90 Å². The maximum absolute atomic E-state index is 13.5. The van der Waals surface area contributed by atoms with Gasteiger partial charge in [0.2, 0.25) is 0 Å². The number of hydrogen-bond donors (Lipinski definition) is 0. The molecular formula is C26H30BrFS.